The molecule has 0 aliphatic carbocycles. The fourth-order valence-corrected chi connectivity index (χ4v) is 2.53. The number of benzene rings is 1. The van der Waals surface area contributed by atoms with Gasteiger partial charge in [-0.1, -0.05) is 30.7 Å². The Morgan fingerprint density at radius 2 is 1.95 bits per heavy atom. The highest BCUT2D eigenvalue weighted by Gasteiger charge is 2.32. The van der Waals surface area contributed by atoms with Crippen molar-refractivity contribution in [2.24, 2.45) is 0 Å². The van der Waals surface area contributed by atoms with Crippen LogP contribution in [0.25, 0.3) is 0 Å². The third-order valence-corrected chi connectivity index (χ3v) is 3.86. The first-order valence-corrected chi connectivity index (χ1v) is 7.23. The predicted molar refractivity (Wildman–Crippen MR) is 78.3 cm³/mol. The van der Waals surface area contributed by atoms with E-state index in [0.29, 0.717) is 24.4 Å². The molecule has 1 heterocycles. The zero-order valence-corrected chi connectivity index (χ0v) is 12.5. The number of halogens is 1. The van der Waals surface area contributed by atoms with Crippen LogP contribution in [0.15, 0.2) is 24.3 Å². The van der Waals surface area contributed by atoms with Gasteiger partial charge in [0.2, 0.25) is 11.8 Å². The molecule has 1 aromatic rings. The van der Waals surface area contributed by atoms with Gasteiger partial charge in [0.05, 0.1) is 0 Å². The number of carbonyl (C=O) groups is 2. The van der Waals surface area contributed by atoms with Gasteiger partial charge in [0.25, 0.3) is 0 Å². The molecular weight excluding hydrogens is 276 g/mol. The fourth-order valence-electron chi connectivity index (χ4n) is 2.41. The third kappa shape index (κ3) is 3.31. The molecule has 0 radical (unpaired) electrons. The van der Waals surface area contributed by atoms with Crippen molar-refractivity contribution in [3.8, 4) is 0 Å². The third-order valence-electron chi connectivity index (χ3n) is 3.60. The number of nitrogens with zero attached hydrogens (tertiary/aromatic N) is 1. The van der Waals surface area contributed by atoms with Crippen molar-refractivity contribution < 1.29 is 9.59 Å². The lowest BCUT2D eigenvalue weighted by Crippen LogP contribution is -2.45. The van der Waals surface area contributed by atoms with Crippen LogP contribution in [0.2, 0.25) is 5.02 Å². The Hall–Kier alpha value is -1.55. The standard InChI is InChI=1S/C15H19ClN2O2/c1-3-13-15(20)18(10(2)8-14(19)17-13)9-11-4-6-12(16)7-5-11/h4-7,10,13H,3,8-9H2,1-2H3,(H,17,19). The molecule has 5 heteroatoms. The minimum absolute atomic E-state index is 0.0131. The van der Waals surface area contributed by atoms with Gasteiger partial charge in [-0.25, -0.2) is 0 Å². The zero-order chi connectivity index (χ0) is 14.7. The molecule has 2 rings (SSSR count). The minimum Gasteiger partial charge on any atom is -0.344 e. The van der Waals surface area contributed by atoms with E-state index in [-0.39, 0.29) is 17.9 Å². The first-order valence-electron chi connectivity index (χ1n) is 6.85. The maximum absolute atomic E-state index is 12.5. The fraction of sp³-hybridized carbons (Fsp3) is 0.467. The van der Waals surface area contributed by atoms with Gasteiger partial charge in [-0.2, -0.15) is 0 Å². The second kappa shape index (κ2) is 6.27. The second-order valence-corrected chi connectivity index (χ2v) is 5.61. The van der Waals surface area contributed by atoms with Gasteiger partial charge in [-0.15, -0.1) is 0 Å². The van der Waals surface area contributed by atoms with Crippen molar-refractivity contribution in [2.75, 3.05) is 0 Å². The van der Waals surface area contributed by atoms with Crippen molar-refractivity contribution >= 4 is 23.4 Å². The summed E-state index contributed by atoms with van der Waals surface area (Å²) in [5, 5.41) is 3.46. The monoisotopic (exact) mass is 294 g/mol. The van der Waals surface area contributed by atoms with Crippen LogP contribution < -0.4 is 5.32 Å². The average Bonchev–Trinajstić information content (AvgIpc) is 2.52. The lowest BCUT2D eigenvalue weighted by atomic mass is 10.1. The molecule has 1 aliphatic heterocycles. The molecule has 2 unspecified atom stereocenters. The van der Waals surface area contributed by atoms with E-state index < -0.39 is 6.04 Å². The topological polar surface area (TPSA) is 49.4 Å². The van der Waals surface area contributed by atoms with Crippen LogP contribution in [-0.4, -0.2) is 28.8 Å². The first kappa shape index (κ1) is 14.9. The molecule has 0 aromatic heterocycles. The molecule has 2 atom stereocenters. The van der Waals surface area contributed by atoms with Crippen LogP contribution in [0.5, 0.6) is 0 Å². The molecule has 1 aliphatic rings. The van der Waals surface area contributed by atoms with Gasteiger partial charge in [0.15, 0.2) is 0 Å². The molecule has 2 amide bonds. The smallest absolute Gasteiger partial charge is 0.245 e. The normalized spacial score (nSPS) is 23.4. The Bertz CT molecular complexity index is 501. The quantitative estimate of drug-likeness (QED) is 0.930. The van der Waals surface area contributed by atoms with Crippen LogP contribution >= 0.6 is 11.6 Å². The molecule has 0 saturated carbocycles. The van der Waals surface area contributed by atoms with E-state index in [4.69, 9.17) is 11.6 Å². The van der Waals surface area contributed by atoms with Gasteiger partial charge < -0.3 is 10.2 Å². The van der Waals surface area contributed by atoms with E-state index in [1.54, 1.807) is 4.90 Å². The summed E-state index contributed by atoms with van der Waals surface area (Å²) in [6.45, 7) is 4.31. The number of carbonyl (C=O) groups excluding carboxylic acids is 2. The minimum atomic E-state index is -0.417. The molecule has 1 aromatic carbocycles. The van der Waals surface area contributed by atoms with E-state index in [1.807, 2.05) is 38.1 Å². The molecule has 4 nitrogen and oxygen atoms in total. The summed E-state index contributed by atoms with van der Waals surface area (Å²) >= 11 is 5.87. The predicted octanol–water partition coefficient (Wildman–Crippen LogP) is 2.36. The summed E-state index contributed by atoms with van der Waals surface area (Å²) in [6, 6.07) is 6.91. The zero-order valence-electron chi connectivity index (χ0n) is 11.7. The SMILES string of the molecule is CCC1NC(=O)CC(C)N(Cc2ccc(Cl)cc2)C1=O. The number of amides is 2. The van der Waals surface area contributed by atoms with Gasteiger partial charge in [0.1, 0.15) is 6.04 Å². The molecule has 108 valence electrons. The van der Waals surface area contributed by atoms with E-state index in [2.05, 4.69) is 5.32 Å². The van der Waals surface area contributed by atoms with Crippen molar-refractivity contribution in [1.29, 1.82) is 0 Å². The summed E-state index contributed by atoms with van der Waals surface area (Å²) in [6.07, 6.45) is 0.949. The van der Waals surface area contributed by atoms with Gasteiger partial charge >= 0.3 is 0 Å². The number of rotatable bonds is 3. The van der Waals surface area contributed by atoms with Crippen molar-refractivity contribution in [3.05, 3.63) is 34.9 Å². The van der Waals surface area contributed by atoms with E-state index in [0.717, 1.165) is 5.56 Å². The molecule has 20 heavy (non-hydrogen) atoms. The highest BCUT2D eigenvalue weighted by atomic mass is 35.5. The average molecular weight is 295 g/mol. The van der Waals surface area contributed by atoms with Crippen LogP contribution in [0.3, 0.4) is 0 Å². The Labute approximate surface area is 124 Å². The van der Waals surface area contributed by atoms with E-state index >= 15 is 0 Å². The van der Waals surface area contributed by atoms with E-state index in [1.165, 1.54) is 0 Å². The molecule has 1 saturated heterocycles. The van der Waals surface area contributed by atoms with Gasteiger partial charge in [0, 0.05) is 24.0 Å². The number of hydrogen-bond donors (Lipinski definition) is 1. The van der Waals surface area contributed by atoms with Crippen LogP contribution in [0.4, 0.5) is 0 Å². The first-order chi connectivity index (χ1) is 9.51. The van der Waals surface area contributed by atoms with Crippen LogP contribution in [-0.2, 0) is 16.1 Å². The molecular formula is C15H19ClN2O2. The molecule has 1 N–H and O–H groups in total. The van der Waals surface area contributed by atoms with Crippen LogP contribution in [0, 0.1) is 0 Å². The van der Waals surface area contributed by atoms with Crippen molar-refractivity contribution in [3.63, 3.8) is 0 Å². The Kier molecular flexibility index (Phi) is 4.65. The Morgan fingerprint density at radius 3 is 2.55 bits per heavy atom. The largest absolute Gasteiger partial charge is 0.344 e. The summed E-state index contributed by atoms with van der Waals surface area (Å²) in [7, 11) is 0. The molecule has 1 fully saturated rings. The van der Waals surface area contributed by atoms with Crippen LogP contribution in [0.1, 0.15) is 32.3 Å². The Morgan fingerprint density at radius 1 is 1.30 bits per heavy atom. The maximum atomic E-state index is 12.5. The summed E-state index contributed by atoms with van der Waals surface area (Å²) < 4.78 is 0. The van der Waals surface area contributed by atoms with E-state index in [9.17, 15) is 9.59 Å². The number of nitrogens with one attached hydrogen (secondary N) is 1. The van der Waals surface area contributed by atoms with Crippen molar-refractivity contribution in [2.45, 2.75) is 45.3 Å². The van der Waals surface area contributed by atoms with Gasteiger partial charge in [-0.3, -0.25) is 9.59 Å². The number of hydrogen-bond acceptors (Lipinski definition) is 2. The molecule has 0 spiro atoms. The summed E-state index contributed by atoms with van der Waals surface area (Å²) in [4.78, 5) is 26.0. The highest BCUT2D eigenvalue weighted by Crippen LogP contribution is 2.18. The molecule has 0 bridgehead atoms. The second-order valence-electron chi connectivity index (χ2n) is 5.17. The van der Waals surface area contributed by atoms with Gasteiger partial charge in [-0.05, 0) is 31.0 Å². The highest BCUT2D eigenvalue weighted by molar-refractivity contribution is 6.30. The lowest BCUT2D eigenvalue weighted by molar-refractivity contribution is -0.135. The van der Waals surface area contributed by atoms with Crippen molar-refractivity contribution in [1.82, 2.24) is 10.2 Å². The lowest BCUT2D eigenvalue weighted by Gasteiger charge is -2.28. The Balaban J connectivity index is 2.20. The maximum Gasteiger partial charge on any atom is 0.245 e. The summed E-state index contributed by atoms with van der Waals surface area (Å²) in [5.41, 5.74) is 1.01. The summed E-state index contributed by atoms with van der Waals surface area (Å²) in [5.74, 6) is -0.0721.